The molecular formula is C22H25NO5. The quantitative estimate of drug-likeness (QED) is 0.738. The average Bonchev–Trinajstić information content (AvgIpc) is 2.62. The maximum absolute atomic E-state index is 13.2. The van der Waals surface area contributed by atoms with E-state index in [1.807, 2.05) is 20.8 Å². The minimum Gasteiger partial charge on any atom is -0.494 e. The van der Waals surface area contributed by atoms with Crippen molar-refractivity contribution in [1.82, 2.24) is 4.57 Å². The van der Waals surface area contributed by atoms with Crippen molar-refractivity contribution in [2.75, 3.05) is 13.2 Å². The fourth-order valence-corrected chi connectivity index (χ4v) is 3.60. The Morgan fingerprint density at radius 2 is 1.75 bits per heavy atom. The van der Waals surface area contributed by atoms with Gasteiger partial charge in [0.1, 0.15) is 11.3 Å². The predicted molar refractivity (Wildman–Crippen MR) is 106 cm³/mol. The molecule has 0 atom stereocenters. The normalized spacial score (nSPS) is 15.1. The summed E-state index contributed by atoms with van der Waals surface area (Å²) >= 11 is 0. The zero-order chi connectivity index (χ0) is 20.5. The van der Waals surface area contributed by atoms with Crippen LogP contribution in [-0.2, 0) is 11.2 Å². The summed E-state index contributed by atoms with van der Waals surface area (Å²) in [5.41, 5.74) is 0.754. The molecule has 0 saturated heterocycles. The van der Waals surface area contributed by atoms with Gasteiger partial charge in [-0.2, -0.15) is 0 Å². The van der Waals surface area contributed by atoms with E-state index in [0.717, 1.165) is 0 Å². The van der Waals surface area contributed by atoms with Gasteiger partial charge in [0.05, 0.1) is 13.2 Å². The van der Waals surface area contributed by atoms with E-state index < -0.39 is 11.5 Å². The molecule has 1 aromatic carbocycles. The maximum atomic E-state index is 13.2. The third-order valence-corrected chi connectivity index (χ3v) is 4.79. The van der Waals surface area contributed by atoms with Gasteiger partial charge in [0.15, 0.2) is 5.78 Å². The maximum Gasteiger partial charge on any atom is 0.343 e. The highest BCUT2D eigenvalue weighted by Gasteiger charge is 2.35. The van der Waals surface area contributed by atoms with Crippen LogP contribution >= 0.6 is 0 Å². The Bertz CT molecular complexity index is 970. The van der Waals surface area contributed by atoms with E-state index in [1.165, 1.54) is 10.6 Å². The van der Waals surface area contributed by atoms with Crippen molar-refractivity contribution in [2.45, 2.75) is 40.5 Å². The lowest BCUT2D eigenvalue weighted by Crippen LogP contribution is -2.36. The second-order valence-electron chi connectivity index (χ2n) is 7.65. The van der Waals surface area contributed by atoms with E-state index in [4.69, 9.17) is 9.47 Å². The summed E-state index contributed by atoms with van der Waals surface area (Å²) < 4.78 is 12.0. The lowest BCUT2D eigenvalue weighted by Gasteiger charge is -2.32. The first-order valence-electron chi connectivity index (χ1n) is 9.50. The topological polar surface area (TPSA) is 74.6 Å². The van der Waals surface area contributed by atoms with Crippen LogP contribution in [0, 0.1) is 5.41 Å². The Balaban J connectivity index is 2.25. The first-order valence-corrected chi connectivity index (χ1v) is 9.50. The van der Waals surface area contributed by atoms with Crippen molar-refractivity contribution in [1.29, 1.82) is 0 Å². The number of ether oxygens (including phenoxy) is 2. The minimum atomic E-state index is -0.715. The van der Waals surface area contributed by atoms with Crippen molar-refractivity contribution in [3.63, 3.8) is 0 Å². The number of aromatic nitrogens is 1. The molecule has 0 unspecified atom stereocenters. The molecule has 1 aliphatic rings. The number of hydrogen-bond acceptors (Lipinski definition) is 5. The molecule has 1 heterocycles. The molecule has 0 fully saturated rings. The molecule has 0 spiro atoms. The minimum absolute atomic E-state index is 0.0727. The lowest BCUT2D eigenvalue weighted by molar-refractivity contribution is 0.0523. The second-order valence-corrected chi connectivity index (χ2v) is 7.65. The van der Waals surface area contributed by atoms with Gasteiger partial charge in [-0.3, -0.25) is 14.2 Å². The van der Waals surface area contributed by atoms with Crippen LogP contribution in [0.25, 0.3) is 5.69 Å². The molecule has 6 nitrogen and oxygen atoms in total. The Labute approximate surface area is 164 Å². The molecule has 0 N–H and O–H groups in total. The van der Waals surface area contributed by atoms with Crippen LogP contribution in [0.1, 0.15) is 60.5 Å². The number of carbonyl (C=O) groups is 2. The molecule has 6 heteroatoms. The molecule has 0 aliphatic heterocycles. The SMILES string of the molecule is CCOC(=O)c1cc2c(n(-c3ccc(OCC)cc3)c1=O)CC(C)(C)CC2=O. The van der Waals surface area contributed by atoms with Crippen LogP contribution < -0.4 is 10.3 Å². The molecule has 0 radical (unpaired) electrons. The highest BCUT2D eigenvalue weighted by Crippen LogP contribution is 2.35. The van der Waals surface area contributed by atoms with Crippen LogP contribution in [-0.4, -0.2) is 29.5 Å². The van der Waals surface area contributed by atoms with E-state index >= 15 is 0 Å². The largest absolute Gasteiger partial charge is 0.494 e. The van der Waals surface area contributed by atoms with Gasteiger partial charge in [-0.15, -0.1) is 0 Å². The van der Waals surface area contributed by atoms with E-state index in [9.17, 15) is 14.4 Å². The number of ketones is 1. The molecule has 0 amide bonds. The Morgan fingerprint density at radius 3 is 2.36 bits per heavy atom. The second kappa shape index (κ2) is 7.62. The Hall–Kier alpha value is -2.89. The van der Waals surface area contributed by atoms with Gasteiger partial charge >= 0.3 is 5.97 Å². The van der Waals surface area contributed by atoms with Crippen LogP contribution in [0.2, 0.25) is 0 Å². The third-order valence-electron chi connectivity index (χ3n) is 4.79. The molecular weight excluding hydrogens is 358 g/mol. The number of Topliss-reactive ketones (excluding diaryl/α,β-unsaturated/α-hetero) is 1. The molecule has 2 aromatic rings. The van der Waals surface area contributed by atoms with Crippen LogP contribution in [0.15, 0.2) is 35.1 Å². The lowest BCUT2D eigenvalue weighted by atomic mass is 9.75. The fraction of sp³-hybridized carbons (Fsp3) is 0.409. The van der Waals surface area contributed by atoms with Gasteiger partial charge in [-0.25, -0.2) is 4.79 Å². The summed E-state index contributed by atoms with van der Waals surface area (Å²) in [5, 5.41) is 0. The molecule has 0 saturated carbocycles. The Kier molecular flexibility index (Phi) is 5.40. The number of nitrogens with zero attached hydrogens (tertiary/aromatic N) is 1. The monoisotopic (exact) mass is 383 g/mol. The summed E-state index contributed by atoms with van der Waals surface area (Å²) in [6.07, 6.45) is 0.920. The van der Waals surface area contributed by atoms with Gasteiger partial charge in [0.2, 0.25) is 0 Å². The van der Waals surface area contributed by atoms with Crippen molar-refractivity contribution >= 4 is 11.8 Å². The van der Waals surface area contributed by atoms with Crippen molar-refractivity contribution in [3.05, 3.63) is 57.5 Å². The van der Waals surface area contributed by atoms with Crippen molar-refractivity contribution in [2.24, 2.45) is 5.41 Å². The summed E-state index contributed by atoms with van der Waals surface area (Å²) in [6.45, 7) is 8.26. The standard InChI is InChI=1S/C22H25NO5/c1-5-27-15-9-7-14(8-10-15)23-18-12-22(3,4)13-19(24)16(18)11-17(20(23)25)21(26)28-6-2/h7-11H,5-6,12-13H2,1-4H3. The first kappa shape index (κ1) is 19.9. The molecule has 1 aliphatic carbocycles. The van der Waals surface area contributed by atoms with E-state index in [-0.39, 0.29) is 23.4 Å². The summed E-state index contributed by atoms with van der Waals surface area (Å²) in [5.74, 6) is -0.102. The van der Waals surface area contributed by atoms with Gasteiger partial charge in [0, 0.05) is 23.4 Å². The number of carbonyl (C=O) groups excluding carboxylic acids is 2. The molecule has 28 heavy (non-hydrogen) atoms. The smallest absolute Gasteiger partial charge is 0.343 e. The number of benzene rings is 1. The fourth-order valence-electron chi connectivity index (χ4n) is 3.60. The highest BCUT2D eigenvalue weighted by atomic mass is 16.5. The molecule has 148 valence electrons. The zero-order valence-corrected chi connectivity index (χ0v) is 16.7. The predicted octanol–water partition coefficient (Wildman–Crippen LogP) is 3.57. The number of fused-ring (bicyclic) bond motifs is 1. The van der Waals surface area contributed by atoms with Crippen LogP contribution in [0.3, 0.4) is 0 Å². The number of hydrogen-bond donors (Lipinski definition) is 0. The number of esters is 1. The van der Waals surface area contributed by atoms with E-state index in [2.05, 4.69) is 0 Å². The van der Waals surface area contributed by atoms with E-state index in [1.54, 1.807) is 31.2 Å². The van der Waals surface area contributed by atoms with Gasteiger partial charge < -0.3 is 9.47 Å². The summed E-state index contributed by atoms with van der Waals surface area (Å²) in [4.78, 5) is 38.3. The van der Waals surface area contributed by atoms with Gasteiger partial charge in [-0.1, -0.05) is 13.8 Å². The van der Waals surface area contributed by atoms with Crippen LogP contribution in [0.5, 0.6) is 5.75 Å². The van der Waals surface area contributed by atoms with Gasteiger partial charge in [-0.05, 0) is 56.0 Å². The van der Waals surface area contributed by atoms with Crippen molar-refractivity contribution < 1.29 is 19.1 Å². The number of pyridine rings is 1. The number of rotatable bonds is 5. The first-order chi connectivity index (χ1) is 13.3. The van der Waals surface area contributed by atoms with Gasteiger partial charge in [0.25, 0.3) is 5.56 Å². The molecule has 3 rings (SSSR count). The highest BCUT2D eigenvalue weighted by molar-refractivity contribution is 6.01. The van der Waals surface area contributed by atoms with Crippen LogP contribution in [0.4, 0.5) is 0 Å². The molecule has 0 bridgehead atoms. The van der Waals surface area contributed by atoms with E-state index in [0.29, 0.717) is 42.1 Å². The zero-order valence-electron chi connectivity index (χ0n) is 16.7. The summed E-state index contributed by atoms with van der Waals surface area (Å²) in [6, 6.07) is 8.45. The third kappa shape index (κ3) is 3.72. The Morgan fingerprint density at radius 1 is 1.07 bits per heavy atom. The van der Waals surface area contributed by atoms with Crippen molar-refractivity contribution in [3.8, 4) is 11.4 Å². The average molecular weight is 383 g/mol. The summed E-state index contributed by atoms with van der Waals surface area (Å²) in [7, 11) is 0. The molecule has 1 aromatic heterocycles.